The highest BCUT2D eigenvalue weighted by Crippen LogP contribution is 2.25. The van der Waals surface area contributed by atoms with Crippen LogP contribution in [0.1, 0.15) is 17.0 Å². The summed E-state index contributed by atoms with van der Waals surface area (Å²) in [5.74, 6) is 1.31. The second-order valence-electron chi connectivity index (χ2n) is 4.48. The predicted molar refractivity (Wildman–Crippen MR) is 87.4 cm³/mol. The molecule has 2 aromatic rings. The lowest BCUT2D eigenvalue weighted by atomic mass is 10.0. The van der Waals surface area contributed by atoms with Gasteiger partial charge in [0.05, 0.1) is 6.61 Å². The molecule has 1 atom stereocenters. The Morgan fingerprint density at radius 2 is 1.84 bits per heavy atom. The van der Waals surface area contributed by atoms with Gasteiger partial charge in [0.15, 0.2) is 0 Å². The van der Waals surface area contributed by atoms with Gasteiger partial charge in [0.1, 0.15) is 5.75 Å². The monoisotopic (exact) mass is 382 g/mol. The normalized spacial score (nSPS) is 12.2. The maximum absolute atomic E-state index is 5.95. The summed E-state index contributed by atoms with van der Waals surface area (Å²) in [4.78, 5) is 0. The third kappa shape index (κ3) is 4.08. The summed E-state index contributed by atoms with van der Waals surface area (Å²) in [6.07, 6.45) is 0. The van der Waals surface area contributed by atoms with E-state index >= 15 is 0 Å². The minimum absolute atomic E-state index is 0.365. The van der Waals surface area contributed by atoms with Gasteiger partial charge in [0.2, 0.25) is 0 Å². The molecule has 0 radical (unpaired) electrons. The molecular weight excluding hydrogens is 368 g/mol. The van der Waals surface area contributed by atoms with E-state index in [-0.39, 0.29) is 0 Å². The Balaban J connectivity index is 2.04. The number of hydrogen-bond donors (Lipinski definition) is 0. The van der Waals surface area contributed by atoms with Crippen LogP contribution in [0.3, 0.4) is 0 Å². The van der Waals surface area contributed by atoms with Gasteiger partial charge in [-0.3, -0.25) is 0 Å². The van der Waals surface area contributed by atoms with E-state index in [4.69, 9.17) is 4.74 Å². The van der Waals surface area contributed by atoms with E-state index in [2.05, 4.69) is 69.1 Å². The molecule has 0 saturated heterocycles. The Kier molecular flexibility index (Phi) is 5.46. The molecule has 0 amide bonds. The standard InChI is InChI=1S/C16H16Br2O/c1-12-9-15(18)7-8-16(12)19-11-14(10-17)13-5-3-2-4-6-13/h2-9,14H,10-11H2,1H3. The second kappa shape index (κ2) is 7.11. The average molecular weight is 384 g/mol. The second-order valence-corrected chi connectivity index (χ2v) is 6.05. The van der Waals surface area contributed by atoms with Crippen LogP contribution in [-0.2, 0) is 0 Å². The fraction of sp³-hybridized carbons (Fsp3) is 0.250. The molecule has 0 aliphatic rings. The molecule has 0 N–H and O–H groups in total. The fourth-order valence-corrected chi connectivity index (χ4v) is 2.96. The van der Waals surface area contributed by atoms with Gasteiger partial charge in [-0.05, 0) is 36.2 Å². The van der Waals surface area contributed by atoms with Crippen LogP contribution in [0.4, 0.5) is 0 Å². The largest absolute Gasteiger partial charge is 0.493 e. The third-order valence-corrected chi connectivity index (χ3v) is 4.31. The summed E-state index contributed by atoms with van der Waals surface area (Å²) < 4.78 is 7.03. The Hall–Kier alpha value is -0.800. The van der Waals surface area contributed by atoms with Crippen molar-refractivity contribution >= 4 is 31.9 Å². The number of ether oxygens (including phenoxy) is 1. The quantitative estimate of drug-likeness (QED) is 0.635. The molecule has 0 spiro atoms. The van der Waals surface area contributed by atoms with Crippen molar-refractivity contribution in [2.75, 3.05) is 11.9 Å². The smallest absolute Gasteiger partial charge is 0.122 e. The summed E-state index contributed by atoms with van der Waals surface area (Å²) in [6.45, 7) is 2.74. The van der Waals surface area contributed by atoms with Gasteiger partial charge in [0, 0.05) is 15.7 Å². The van der Waals surface area contributed by atoms with Crippen LogP contribution in [0, 0.1) is 6.92 Å². The van der Waals surface area contributed by atoms with Crippen molar-refractivity contribution in [3.05, 3.63) is 64.1 Å². The lowest BCUT2D eigenvalue weighted by molar-refractivity contribution is 0.296. The van der Waals surface area contributed by atoms with Crippen LogP contribution in [-0.4, -0.2) is 11.9 Å². The van der Waals surface area contributed by atoms with Crippen LogP contribution in [0.2, 0.25) is 0 Å². The van der Waals surface area contributed by atoms with Crippen molar-refractivity contribution in [2.45, 2.75) is 12.8 Å². The number of halogens is 2. The molecular formula is C16H16Br2O. The molecule has 0 aliphatic heterocycles. The van der Waals surface area contributed by atoms with E-state index in [1.165, 1.54) is 5.56 Å². The highest BCUT2D eigenvalue weighted by molar-refractivity contribution is 9.10. The number of benzene rings is 2. The van der Waals surface area contributed by atoms with Crippen LogP contribution >= 0.6 is 31.9 Å². The fourth-order valence-electron chi connectivity index (χ4n) is 1.92. The Labute approximate surface area is 131 Å². The minimum Gasteiger partial charge on any atom is -0.493 e. The highest BCUT2D eigenvalue weighted by atomic mass is 79.9. The molecule has 19 heavy (non-hydrogen) atoms. The number of aryl methyl sites for hydroxylation is 1. The number of hydrogen-bond acceptors (Lipinski definition) is 1. The van der Waals surface area contributed by atoms with Crippen LogP contribution in [0.25, 0.3) is 0 Å². The zero-order valence-corrected chi connectivity index (χ0v) is 13.9. The molecule has 100 valence electrons. The molecule has 1 unspecified atom stereocenters. The van der Waals surface area contributed by atoms with E-state index < -0.39 is 0 Å². The first-order valence-corrected chi connectivity index (χ1v) is 8.12. The molecule has 0 bridgehead atoms. The van der Waals surface area contributed by atoms with Crippen molar-refractivity contribution in [3.8, 4) is 5.75 Å². The summed E-state index contributed by atoms with van der Waals surface area (Å²) >= 11 is 7.03. The van der Waals surface area contributed by atoms with Crippen molar-refractivity contribution in [3.63, 3.8) is 0 Å². The van der Waals surface area contributed by atoms with Gasteiger partial charge in [-0.25, -0.2) is 0 Å². The van der Waals surface area contributed by atoms with E-state index in [9.17, 15) is 0 Å². The average Bonchev–Trinajstić information content (AvgIpc) is 2.43. The van der Waals surface area contributed by atoms with Gasteiger partial charge < -0.3 is 4.74 Å². The molecule has 2 rings (SSSR count). The number of rotatable bonds is 5. The Morgan fingerprint density at radius 3 is 2.47 bits per heavy atom. The first kappa shape index (κ1) is 14.6. The van der Waals surface area contributed by atoms with Gasteiger partial charge in [-0.1, -0.05) is 62.2 Å². The zero-order chi connectivity index (χ0) is 13.7. The van der Waals surface area contributed by atoms with Crippen LogP contribution < -0.4 is 4.74 Å². The maximum Gasteiger partial charge on any atom is 0.122 e. The van der Waals surface area contributed by atoms with Gasteiger partial charge >= 0.3 is 0 Å². The highest BCUT2D eigenvalue weighted by Gasteiger charge is 2.11. The SMILES string of the molecule is Cc1cc(Br)ccc1OCC(CBr)c1ccccc1. The van der Waals surface area contributed by atoms with Crippen molar-refractivity contribution in [1.29, 1.82) is 0 Å². The van der Waals surface area contributed by atoms with E-state index in [1.807, 2.05) is 18.2 Å². The molecule has 1 nitrogen and oxygen atoms in total. The number of alkyl halides is 1. The van der Waals surface area contributed by atoms with E-state index in [0.717, 1.165) is 21.1 Å². The Morgan fingerprint density at radius 1 is 1.11 bits per heavy atom. The lowest BCUT2D eigenvalue weighted by Crippen LogP contribution is -2.12. The molecule has 0 fully saturated rings. The van der Waals surface area contributed by atoms with Crippen molar-refractivity contribution < 1.29 is 4.74 Å². The first-order chi connectivity index (χ1) is 9.20. The maximum atomic E-state index is 5.95. The van der Waals surface area contributed by atoms with E-state index in [0.29, 0.717) is 12.5 Å². The molecule has 0 heterocycles. The summed E-state index contributed by atoms with van der Waals surface area (Å²) in [5.41, 5.74) is 2.45. The van der Waals surface area contributed by atoms with Crippen LogP contribution in [0.5, 0.6) is 5.75 Å². The minimum atomic E-state index is 0.365. The summed E-state index contributed by atoms with van der Waals surface area (Å²) in [6, 6.07) is 16.5. The lowest BCUT2D eigenvalue weighted by Gasteiger charge is -2.17. The molecule has 0 aliphatic carbocycles. The topological polar surface area (TPSA) is 9.23 Å². The predicted octanol–water partition coefficient (Wildman–Crippen LogP) is 5.32. The zero-order valence-electron chi connectivity index (χ0n) is 10.8. The Bertz CT molecular complexity index is 526. The van der Waals surface area contributed by atoms with Gasteiger partial charge in [-0.2, -0.15) is 0 Å². The van der Waals surface area contributed by atoms with Gasteiger partial charge in [-0.15, -0.1) is 0 Å². The van der Waals surface area contributed by atoms with Crippen LogP contribution in [0.15, 0.2) is 53.0 Å². The van der Waals surface area contributed by atoms with Gasteiger partial charge in [0.25, 0.3) is 0 Å². The molecule has 0 aromatic heterocycles. The molecule has 2 aromatic carbocycles. The van der Waals surface area contributed by atoms with Crippen molar-refractivity contribution in [2.24, 2.45) is 0 Å². The third-order valence-electron chi connectivity index (χ3n) is 3.03. The summed E-state index contributed by atoms with van der Waals surface area (Å²) in [5, 5.41) is 0.895. The first-order valence-electron chi connectivity index (χ1n) is 6.20. The molecule has 3 heteroatoms. The molecule has 0 saturated carbocycles. The van der Waals surface area contributed by atoms with E-state index in [1.54, 1.807) is 0 Å². The van der Waals surface area contributed by atoms with Crippen molar-refractivity contribution in [1.82, 2.24) is 0 Å². The summed E-state index contributed by atoms with van der Waals surface area (Å²) in [7, 11) is 0.